The van der Waals surface area contributed by atoms with Gasteiger partial charge in [-0.3, -0.25) is 0 Å². The van der Waals surface area contributed by atoms with Crippen molar-refractivity contribution in [3.63, 3.8) is 0 Å². The summed E-state index contributed by atoms with van der Waals surface area (Å²) in [7, 11) is -1.93. The minimum atomic E-state index is -1.93. The van der Waals surface area contributed by atoms with Crippen molar-refractivity contribution in [3.8, 4) is 0 Å². The summed E-state index contributed by atoms with van der Waals surface area (Å²) in [5, 5.41) is 17.8. The van der Waals surface area contributed by atoms with Crippen LogP contribution in [0, 0.1) is 0 Å². The Labute approximate surface area is 129 Å². The normalized spacial score (nSPS) is 15.8. The van der Waals surface area contributed by atoms with Gasteiger partial charge in [0.2, 0.25) is 0 Å². The van der Waals surface area contributed by atoms with Crippen molar-refractivity contribution in [3.05, 3.63) is 0 Å². The molecule has 0 radical (unpaired) electrons. The second-order valence-electron chi connectivity index (χ2n) is 6.63. The molecule has 0 bridgehead atoms. The molecule has 21 heavy (non-hydrogen) atoms. The number of ether oxygens (including phenoxy) is 1. The average molecular weight is 321 g/mol. The van der Waals surface area contributed by atoms with Crippen molar-refractivity contribution in [2.45, 2.75) is 77.3 Å². The largest absolute Gasteiger partial charge is 0.479 e. The van der Waals surface area contributed by atoms with Gasteiger partial charge in [-0.2, -0.15) is 0 Å². The lowest BCUT2D eigenvalue weighted by molar-refractivity contribution is -0.151. The maximum Gasteiger partial charge on any atom is 0.334 e. The van der Waals surface area contributed by atoms with Crippen LogP contribution in [0.3, 0.4) is 0 Å². The van der Waals surface area contributed by atoms with Crippen LogP contribution in [0.1, 0.15) is 48.5 Å². The molecule has 0 aliphatic carbocycles. The Morgan fingerprint density at radius 3 is 1.71 bits per heavy atom. The first-order chi connectivity index (χ1) is 9.55. The number of aliphatic hydroxyl groups excluding tert-OH is 1. The number of aliphatic hydroxyl groups is 1. The Balaban J connectivity index is 4.59. The van der Waals surface area contributed by atoms with Crippen LogP contribution in [-0.2, 0) is 14.0 Å². The Morgan fingerprint density at radius 1 is 0.952 bits per heavy atom. The summed E-state index contributed by atoms with van der Waals surface area (Å²) < 4.78 is 11.7. The van der Waals surface area contributed by atoms with Crippen LogP contribution in [0.15, 0.2) is 0 Å². The SMILES string of the molecule is CC(CO[Si](C(C)C)(C(C)C)C(C)C)OCC(O)C(=O)O. The molecule has 2 atom stereocenters. The summed E-state index contributed by atoms with van der Waals surface area (Å²) in [6, 6.07) is 0. The van der Waals surface area contributed by atoms with E-state index in [4.69, 9.17) is 14.3 Å². The van der Waals surface area contributed by atoms with E-state index in [2.05, 4.69) is 41.5 Å². The smallest absolute Gasteiger partial charge is 0.334 e. The Morgan fingerprint density at radius 2 is 1.38 bits per heavy atom. The number of rotatable bonds is 10. The van der Waals surface area contributed by atoms with Gasteiger partial charge in [0.05, 0.1) is 19.3 Å². The Hall–Kier alpha value is -0.433. The minimum Gasteiger partial charge on any atom is -0.479 e. The molecular formula is C15H32O5Si. The summed E-state index contributed by atoms with van der Waals surface area (Å²) in [5.41, 5.74) is 1.48. The Kier molecular flexibility index (Phi) is 8.69. The zero-order valence-electron chi connectivity index (χ0n) is 14.4. The zero-order chi connectivity index (χ0) is 16.8. The molecular weight excluding hydrogens is 288 g/mol. The van der Waals surface area contributed by atoms with E-state index in [0.717, 1.165) is 0 Å². The van der Waals surface area contributed by atoms with Crippen LogP contribution < -0.4 is 0 Å². The number of carboxylic acid groups (broad SMARTS) is 1. The van der Waals surface area contributed by atoms with E-state index >= 15 is 0 Å². The summed E-state index contributed by atoms with van der Waals surface area (Å²) in [4.78, 5) is 10.5. The molecule has 0 fully saturated rings. The predicted molar refractivity (Wildman–Crippen MR) is 86.1 cm³/mol. The van der Waals surface area contributed by atoms with Crippen LogP contribution in [0.25, 0.3) is 0 Å². The number of hydrogen-bond acceptors (Lipinski definition) is 4. The van der Waals surface area contributed by atoms with E-state index in [9.17, 15) is 9.90 Å². The van der Waals surface area contributed by atoms with Crippen molar-refractivity contribution in [1.82, 2.24) is 0 Å². The van der Waals surface area contributed by atoms with Gasteiger partial charge in [0.15, 0.2) is 14.4 Å². The van der Waals surface area contributed by atoms with Gasteiger partial charge in [-0.25, -0.2) is 4.79 Å². The number of hydrogen-bond donors (Lipinski definition) is 2. The molecule has 0 rings (SSSR count). The maximum absolute atomic E-state index is 10.5. The molecule has 0 heterocycles. The van der Waals surface area contributed by atoms with Gasteiger partial charge in [-0.15, -0.1) is 0 Å². The number of aliphatic carboxylic acids is 1. The van der Waals surface area contributed by atoms with E-state index in [1.165, 1.54) is 0 Å². The molecule has 0 saturated heterocycles. The topological polar surface area (TPSA) is 76.0 Å². The Bertz CT molecular complexity index is 295. The lowest BCUT2D eigenvalue weighted by Crippen LogP contribution is -2.49. The van der Waals surface area contributed by atoms with Gasteiger partial charge in [-0.1, -0.05) is 41.5 Å². The van der Waals surface area contributed by atoms with Gasteiger partial charge in [0, 0.05) is 0 Å². The predicted octanol–water partition coefficient (Wildman–Crippen LogP) is 3.03. The van der Waals surface area contributed by atoms with Crippen molar-refractivity contribution in [2.24, 2.45) is 0 Å². The molecule has 2 N–H and O–H groups in total. The van der Waals surface area contributed by atoms with E-state index in [0.29, 0.717) is 23.2 Å². The highest BCUT2D eigenvalue weighted by molar-refractivity contribution is 6.77. The average Bonchev–Trinajstić information content (AvgIpc) is 2.34. The molecule has 0 aliphatic rings. The molecule has 2 unspecified atom stereocenters. The van der Waals surface area contributed by atoms with Gasteiger partial charge >= 0.3 is 5.97 Å². The highest BCUT2D eigenvalue weighted by Gasteiger charge is 2.45. The van der Waals surface area contributed by atoms with Gasteiger partial charge in [0.25, 0.3) is 0 Å². The van der Waals surface area contributed by atoms with Crippen LogP contribution >= 0.6 is 0 Å². The summed E-state index contributed by atoms with van der Waals surface area (Å²) in [6.45, 7) is 15.4. The van der Waals surface area contributed by atoms with Gasteiger partial charge in [-0.05, 0) is 23.5 Å². The molecule has 0 amide bonds. The van der Waals surface area contributed by atoms with E-state index in [1.807, 2.05) is 6.92 Å². The fourth-order valence-electron chi connectivity index (χ4n) is 3.14. The fraction of sp³-hybridized carbons (Fsp3) is 0.933. The number of carboxylic acids is 1. The third kappa shape index (κ3) is 5.69. The van der Waals surface area contributed by atoms with Crippen LogP contribution in [-0.4, -0.2) is 49.9 Å². The molecule has 0 aromatic carbocycles. The molecule has 0 aromatic heterocycles. The summed E-state index contributed by atoms with van der Waals surface area (Å²) in [6.07, 6.45) is -1.71. The lowest BCUT2D eigenvalue weighted by atomic mass is 10.4. The third-order valence-corrected chi connectivity index (χ3v) is 10.2. The number of carbonyl (C=O) groups is 1. The quantitative estimate of drug-likeness (QED) is 0.605. The first-order valence-corrected chi connectivity index (χ1v) is 9.86. The van der Waals surface area contributed by atoms with Crippen LogP contribution in [0.5, 0.6) is 0 Å². The van der Waals surface area contributed by atoms with E-state index < -0.39 is 20.4 Å². The summed E-state index contributed by atoms with van der Waals surface area (Å²) >= 11 is 0. The maximum atomic E-state index is 10.5. The van der Waals surface area contributed by atoms with Gasteiger partial charge in [0.1, 0.15) is 0 Å². The first-order valence-electron chi connectivity index (χ1n) is 7.72. The zero-order valence-corrected chi connectivity index (χ0v) is 15.4. The molecule has 0 aliphatic heterocycles. The van der Waals surface area contributed by atoms with Crippen molar-refractivity contribution < 1.29 is 24.2 Å². The second-order valence-corrected chi connectivity index (χ2v) is 12.1. The highest BCUT2D eigenvalue weighted by Crippen LogP contribution is 2.42. The van der Waals surface area contributed by atoms with Gasteiger partial charge < -0.3 is 19.4 Å². The van der Waals surface area contributed by atoms with E-state index in [1.54, 1.807) is 0 Å². The molecule has 0 saturated carbocycles. The third-order valence-electron chi connectivity index (χ3n) is 4.10. The summed E-state index contributed by atoms with van der Waals surface area (Å²) in [5.74, 6) is -1.27. The molecule has 0 spiro atoms. The monoisotopic (exact) mass is 320 g/mol. The molecule has 0 aromatic rings. The van der Waals surface area contributed by atoms with Crippen LogP contribution in [0.4, 0.5) is 0 Å². The molecule has 5 nitrogen and oxygen atoms in total. The highest BCUT2D eigenvalue weighted by atomic mass is 28.4. The van der Waals surface area contributed by atoms with Crippen LogP contribution in [0.2, 0.25) is 16.6 Å². The van der Waals surface area contributed by atoms with E-state index in [-0.39, 0.29) is 12.7 Å². The van der Waals surface area contributed by atoms with Crippen molar-refractivity contribution in [2.75, 3.05) is 13.2 Å². The second kappa shape index (κ2) is 8.88. The molecule has 6 heteroatoms. The van der Waals surface area contributed by atoms with Crippen molar-refractivity contribution in [1.29, 1.82) is 0 Å². The molecule has 126 valence electrons. The lowest BCUT2D eigenvalue weighted by Gasteiger charge is -2.42. The minimum absolute atomic E-state index is 0.209. The standard InChI is InChI=1S/C15H32O5Si/c1-10(2)21(11(3)4,12(5)6)20-8-13(7)19-9-14(16)15(17)18/h10-14,16H,8-9H2,1-7H3,(H,17,18). The fourth-order valence-corrected chi connectivity index (χ4v) is 8.66. The van der Waals surface area contributed by atoms with Crippen molar-refractivity contribution >= 4 is 14.3 Å². The first kappa shape index (κ1) is 20.6.